The van der Waals surface area contributed by atoms with Crippen LogP contribution in [0.2, 0.25) is 0 Å². The molecular formula is C20H30N4O5. The zero-order valence-electron chi connectivity index (χ0n) is 17.5. The predicted octanol–water partition coefficient (Wildman–Crippen LogP) is 0.998. The second kappa shape index (κ2) is 8.94. The average molecular weight is 406 g/mol. The summed E-state index contributed by atoms with van der Waals surface area (Å²) in [7, 11) is 0. The van der Waals surface area contributed by atoms with Crippen LogP contribution in [-0.2, 0) is 25.6 Å². The molecule has 29 heavy (non-hydrogen) atoms. The van der Waals surface area contributed by atoms with Crippen molar-refractivity contribution in [1.82, 2.24) is 19.6 Å². The van der Waals surface area contributed by atoms with Crippen LogP contribution in [0.15, 0.2) is 6.20 Å². The molecule has 0 aromatic carbocycles. The van der Waals surface area contributed by atoms with Crippen LogP contribution in [0.25, 0.3) is 0 Å². The van der Waals surface area contributed by atoms with Gasteiger partial charge >= 0.3 is 5.97 Å². The van der Waals surface area contributed by atoms with Crippen molar-refractivity contribution in [3.63, 3.8) is 0 Å². The van der Waals surface area contributed by atoms with E-state index in [-0.39, 0.29) is 24.8 Å². The smallest absolute Gasteiger partial charge is 0.302 e. The molecule has 2 saturated heterocycles. The molecule has 2 amide bonds. The lowest BCUT2D eigenvalue weighted by molar-refractivity contribution is -0.148. The van der Waals surface area contributed by atoms with Gasteiger partial charge < -0.3 is 19.3 Å². The van der Waals surface area contributed by atoms with E-state index in [1.54, 1.807) is 20.7 Å². The summed E-state index contributed by atoms with van der Waals surface area (Å²) in [4.78, 5) is 41.4. The number of likely N-dealkylation sites (tertiary alicyclic amines) is 1. The van der Waals surface area contributed by atoms with Gasteiger partial charge in [-0.05, 0) is 26.7 Å². The highest BCUT2D eigenvalue weighted by molar-refractivity contribution is 5.96. The quantitative estimate of drug-likeness (QED) is 0.654. The number of ether oxygens (including phenoxy) is 2. The summed E-state index contributed by atoms with van der Waals surface area (Å²) in [6, 6.07) is 0. The topological polar surface area (TPSA) is 94.0 Å². The first-order valence-electron chi connectivity index (χ1n) is 10.2. The second-order valence-corrected chi connectivity index (χ2v) is 7.69. The Morgan fingerprint density at radius 3 is 2.59 bits per heavy atom. The summed E-state index contributed by atoms with van der Waals surface area (Å²) in [5.41, 5.74) is 0.490. The van der Waals surface area contributed by atoms with Crippen molar-refractivity contribution in [3.8, 4) is 0 Å². The molecule has 1 unspecified atom stereocenters. The Balaban J connectivity index is 1.86. The van der Waals surface area contributed by atoms with Crippen LogP contribution in [-0.4, -0.2) is 82.4 Å². The van der Waals surface area contributed by atoms with E-state index in [1.165, 1.54) is 6.92 Å². The molecule has 3 heterocycles. The van der Waals surface area contributed by atoms with Gasteiger partial charge in [0.25, 0.3) is 5.91 Å². The number of aromatic nitrogens is 2. The third kappa shape index (κ3) is 4.44. The molecule has 0 bridgehead atoms. The minimum Gasteiger partial charge on any atom is -0.463 e. The van der Waals surface area contributed by atoms with Crippen LogP contribution in [0.3, 0.4) is 0 Å². The SMILES string of the molecule is CCn1ncc(C(=O)N2CCCC2(COC(C)=O)CC(=O)N2CCOCC2)c1C. The largest absolute Gasteiger partial charge is 0.463 e. The van der Waals surface area contributed by atoms with E-state index in [2.05, 4.69) is 5.10 Å². The first kappa shape index (κ1) is 21.3. The lowest BCUT2D eigenvalue weighted by Gasteiger charge is -2.39. The highest BCUT2D eigenvalue weighted by atomic mass is 16.5. The van der Waals surface area contributed by atoms with Crippen molar-refractivity contribution in [2.45, 2.75) is 52.1 Å². The Kier molecular flexibility index (Phi) is 6.56. The molecule has 0 radical (unpaired) electrons. The number of nitrogens with zero attached hydrogens (tertiary/aromatic N) is 4. The highest BCUT2D eigenvalue weighted by Crippen LogP contribution is 2.35. The molecule has 2 aliphatic heterocycles. The van der Waals surface area contributed by atoms with Gasteiger partial charge in [-0.1, -0.05) is 0 Å². The number of carbonyl (C=O) groups is 3. The summed E-state index contributed by atoms with van der Waals surface area (Å²) in [5, 5.41) is 4.28. The first-order chi connectivity index (χ1) is 13.9. The normalized spacial score (nSPS) is 22.0. The average Bonchev–Trinajstić information content (AvgIpc) is 3.30. The maximum Gasteiger partial charge on any atom is 0.302 e. The zero-order chi connectivity index (χ0) is 21.0. The van der Waals surface area contributed by atoms with Crippen molar-refractivity contribution >= 4 is 17.8 Å². The van der Waals surface area contributed by atoms with Crippen LogP contribution in [0, 0.1) is 6.92 Å². The minimum atomic E-state index is -0.834. The van der Waals surface area contributed by atoms with Gasteiger partial charge in [-0.3, -0.25) is 19.1 Å². The zero-order valence-corrected chi connectivity index (χ0v) is 17.5. The molecule has 1 aromatic rings. The van der Waals surface area contributed by atoms with Gasteiger partial charge in [0, 0.05) is 38.8 Å². The van der Waals surface area contributed by atoms with Crippen LogP contribution in [0.1, 0.15) is 49.2 Å². The lowest BCUT2D eigenvalue weighted by Crippen LogP contribution is -2.54. The molecule has 0 aliphatic carbocycles. The minimum absolute atomic E-state index is 0.0190. The van der Waals surface area contributed by atoms with Gasteiger partial charge in [0.05, 0.1) is 36.9 Å². The Morgan fingerprint density at radius 1 is 1.24 bits per heavy atom. The molecule has 3 rings (SSSR count). The van der Waals surface area contributed by atoms with E-state index in [1.807, 2.05) is 13.8 Å². The predicted molar refractivity (Wildman–Crippen MR) is 104 cm³/mol. The summed E-state index contributed by atoms with van der Waals surface area (Å²) >= 11 is 0. The molecule has 0 spiro atoms. The van der Waals surface area contributed by atoms with Crippen molar-refractivity contribution in [3.05, 3.63) is 17.5 Å². The fourth-order valence-electron chi connectivity index (χ4n) is 4.20. The first-order valence-corrected chi connectivity index (χ1v) is 10.2. The van der Waals surface area contributed by atoms with E-state index in [9.17, 15) is 14.4 Å². The van der Waals surface area contributed by atoms with Crippen molar-refractivity contribution in [1.29, 1.82) is 0 Å². The fraction of sp³-hybridized carbons (Fsp3) is 0.700. The molecule has 2 fully saturated rings. The molecule has 9 heteroatoms. The molecule has 9 nitrogen and oxygen atoms in total. The highest BCUT2D eigenvalue weighted by Gasteiger charge is 2.47. The molecule has 1 atom stereocenters. The van der Waals surface area contributed by atoms with Crippen molar-refractivity contribution in [2.75, 3.05) is 39.5 Å². The fourth-order valence-corrected chi connectivity index (χ4v) is 4.20. The van der Waals surface area contributed by atoms with Gasteiger partial charge in [-0.2, -0.15) is 5.10 Å². The third-order valence-corrected chi connectivity index (χ3v) is 5.86. The number of hydrogen-bond donors (Lipinski definition) is 0. The Labute approximate surface area is 170 Å². The maximum absolute atomic E-state index is 13.4. The Bertz CT molecular complexity index is 771. The molecule has 2 aliphatic rings. The maximum atomic E-state index is 13.4. The number of carbonyl (C=O) groups excluding carboxylic acids is 3. The molecular weight excluding hydrogens is 376 g/mol. The molecule has 1 aromatic heterocycles. The summed E-state index contributed by atoms with van der Waals surface area (Å²) in [5.74, 6) is -0.625. The third-order valence-electron chi connectivity index (χ3n) is 5.86. The van der Waals surface area contributed by atoms with E-state index >= 15 is 0 Å². The van der Waals surface area contributed by atoms with E-state index < -0.39 is 11.5 Å². The number of hydrogen-bond acceptors (Lipinski definition) is 6. The number of morpholine rings is 1. The van der Waals surface area contributed by atoms with Gasteiger partial charge in [-0.15, -0.1) is 0 Å². The number of rotatable bonds is 6. The summed E-state index contributed by atoms with van der Waals surface area (Å²) in [6.45, 7) is 8.50. The van der Waals surface area contributed by atoms with Crippen molar-refractivity contribution in [2.24, 2.45) is 0 Å². The van der Waals surface area contributed by atoms with E-state index in [0.717, 1.165) is 12.1 Å². The standard InChI is InChI=1S/C20H30N4O5/c1-4-24-15(2)17(13-21-24)19(27)23-7-5-6-20(23,14-29-16(3)25)12-18(26)22-8-10-28-11-9-22/h13H,4-12,14H2,1-3H3. The van der Waals surface area contributed by atoms with Crippen molar-refractivity contribution < 1.29 is 23.9 Å². The number of aryl methyl sites for hydroxylation is 1. The van der Waals surface area contributed by atoms with Crippen LogP contribution < -0.4 is 0 Å². The van der Waals surface area contributed by atoms with Crippen LogP contribution in [0.5, 0.6) is 0 Å². The van der Waals surface area contributed by atoms with Gasteiger partial charge in [0.1, 0.15) is 6.61 Å². The van der Waals surface area contributed by atoms with Crippen LogP contribution in [0.4, 0.5) is 0 Å². The molecule has 0 saturated carbocycles. The van der Waals surface area contributed by atoms with Gasteiger partial charge in [-0.25, -0.2) is 0 Å². The lowest BCUT2D eigenvalue weighted by atomic mass is 9.91. The summed E-state index contributed by atoms with van der Waals surface area (Å²) < 4.78 is 12.4. The second-order valence-electron chi connectivity index (χ2n) is 7.69. The molecule has 0 N–H and O–H groups in total. The van der Waals surface area contributed by atoms with Crippen LogP contribution >= 0.6 is 0 Å². The monoisotopic (exact) mass is 406 g/mol. The van der Waals surface area contributed by atoms with Gasteiger partial charge in [0.15, 0.2) is 0 Å². The van der Waals surface area contributed by atoms with E-state index in [4.69, 9.17) is 9.47 Å². The Hall–Kier alpha value is -2.42. The number of esters is 1. The van der Waals surface area contributed by atoms with Gasteiger partial charge in [0.2, 0.25) is 5.91 Å². The Morgan fingerprint density at radius 2 is 1.97 bits per heavy atom. The molecule has 160 valence electrons. The number of amides is 2. The van der Waals surface area contributed by atoms with E-state index in [0.29, 0.717) is 51.4 Å². The summed E-state index contributed by atoms with van der Waals surface area (Å²) in [6.07, 6.45) is 3.08.